The molecule has 11 aromatic rings. The van der Waals surface area contributed by atoms with Crippen LogP contribution in [0.4, 0.5) is 34.1 Å². The van der Waals surface area contributed by atoms with Crippen LogP contribution in [0.5, 0.6) is 0 Å². The summed E-state index contributed by atoms with van der Waals surface area (Å²) < 4.78 is 4.65. The van der Waals surface area contributed by atoms with Crippen LogP contribution in [-0.4, -0.2) is 9.13 Å². The van der Waals surface area contributed by atoms with Crippen LogP contribution >= 0.6 is 0 Å². The minimum absolute atomic E-state index is 1.10. The molecule has 2 aromatic heterocycles. The third-order valence-corrected chi connectivity index (χ3v) is 11.7. The van der Waals surface area contributed by atoms with Crippen molar-refractivity contribution in [1.82, 2.24) is 9.13 Å². The molecule has 0 saturated carbocycles. The van der Waals surface area contributed by atoms with Crippen LogP contribution in [0.2, 0.25) is 0 Å². The third kappa shape index (κ3) is 5.93. The second-order valence-corrected chi connectivity index (χ2v) is 15.1. The first-order valence-corrected chi connectivity index (χ1v) is 20.2. The molecule has 0 amide bonds. The summed E-state index contributed by atoms with van der Waals surface area (Å²) in [5.74, 6) is 0. The zero-order valence-corrected chi connectivity index (χ0v) is 32.7. The number of hydrogen-bond acceptors (Lipinski definition) is 2. The predicted molar refractivity (Wildman–Crippen MR) is 250 cm³/mol. The first-order chi connectivity index (χ1) is 29.2. The number of aryl methyl sites for hydroxylation is 1. The van der Waals surface area contributed by atoms with E-state index in [4.69, 9.17) is 0 Å². The highest BCUT2D eigenvalue weighted by Crippen LogP contribution is 2.42. The van der Waals surface area contributed by atoms with E-state index < -0.39 is 0 Å². The van der Waals surface area contributed by atoms with Gasteiger partial charge in [0.1, 0.15) is 0 Å². The van der Waals surface area contributed by atoms with Crippen molar-refractivity contribution >= 4 is 77.7 Å². The summed E-state index contributed by atoms with van der Waals surface area (Å²) in [5, 5.41) is 4.98. The van der Waals surface area contributed by atoms with Gasteiger partial charge in [0.05, 0.1) is 11.0 Å². The van der Waals surface area contributed by atoms with Crippen molar-refractivity contribution in [2.75, 3.05) is 9.80 Å². The quantitative estimate of drug-likeness (QED) is 0.153. The first kappa shape index (κ1) is 34.4. The van der Waals surface area contributed by atoms with Gasteiger partial charge in [0, 0.05) is 79.4 Å². The third-order valence-electron chi connectivity index (χ3n) is 11.7. The Bertz CT molecular complexity index is 3260. The Morgan fingerprint density at radius 3 is 1.19 bits per heavy atom. The van der Waals surface area contributed by atoms with Gasteiger partial charge in [0.25, 0.3) is 0 Å². The van der Waals surface area contributed by atoms with Crippen molar-refractivity contribution in [3.8, 4) is 16.8 Å². The number of hydrogen-bond donors (Lipinski definition) is 0. The molecule has 0 unspecified atom stereocenters. The fourth-order valence-corrected chi connectivity index (χ4v) is 8.90. The normalized spacial score (nSPS) is 11.5. The van der Waals surface area contributed by atoms with Crippen molar-refractivity contribution in [1.29, 1.82) is 0 Å². The number of rotatable bonds is 8. The summed E-state index contributed by atoms with van der Waals surface area (Å²) in [4.78, 5) is 4.70. The summed E-state index contributed by atoms with van der Waals surface area (Å²) in [6, 6.07) is 80.9. The topological polar surface area (TPSA) is 16.3 Å². The Morgan fingerprint density at radius 1 is 0.288 bits per heavy atom. The largest absolute Gasteiger partial charge is 0.344 e. The number of benzene rings is 9. The molecular formula is C55H40N4. The summed E-state index contributed by atoms with van der Waals surface area (Å²) in [7, 11) is 2.15. The van der Waals surface area contributed by atoms with Gasteiger partial charge in [0.2, 0.25) is 0 Å². The molecule has 4 nitrogen and oxygen atoms in total. The number of anilines is 6. The fraction of sp³-hybridized carbons (Fsp3) is 0.0182. The van der Waals surface area contributed by atoms with Crippen LogP contribution in [0.3, 0.4) is 0 Å². The van der Waals surface area contributed by atoms with E-state index in [2.05, 4.69) is 250 Å². The summed E-state index contributed by atoms with van der Waals surface area (Å²) in [5.41, 5.74) is 15.0. The molecule has 9 aromatic carbocycles. The number of nitrogens with zero attached hydrogens (tertiary/aromatic N) is 4. The lowest BCUT2D eigenvalue weighted by molar-refractivity contribution is 1.01. The molecule has 0 atom stereocenters. The van der Waals surface area contributed by atoms with E-state index in [-0.39, 0.29) is 0 Å². The van der Waals surface area contributed by atoms with Crippen LogP contribution in [0.15, 0.2) is 224 Å². The van der Waals surface area contributed by atoms with Gasteiger partial charge in [-0.05, 0) is 120 Å². The summed E-state index contributed by atoms with van der Waals surface area (Å²) in [6.07, 6.45) is 0. The zero-order valence-electron chi connectivity index (χ0n) is 32.7. The summed E-state index contributed by atoms with van der Waals surface area (Å²) >= 11 is 0. The molecule has 0 saturated heterocycles. The highest BCUT2D eigenvalue weighted by Gasteiger charge is 2.19. The van der Waals surface area contributed by atoms with Crippen LogP contribution in [0, 0.1) is 0 Å². The van der Waals surface area contributed by atoms with E-state index in [1.54, 1.807) is 0 Å². The monoisotopic (exact) mass is 756 g/mol. The number of aromatic nitrogens is 2. The minimum Gasteiger partial charge on any atom is -0.344 e. The average molecular weight is 757 g/mol. The highest BCUT2D eigenvalue weighted by molar-refractivity contribution is 6.11. The van der Waals surface area contributed by atoms with Crippen LogP contribution in [0.1, 0.15) is 0 Å². The van der Waals surface area contributed by atoms with E-state index in [9.17, 15) is 0 Å². The molecule has 59 heavy (non-hydrogen) atoms. The van der Waals surface area contributed by atoms with Crippen LogP contribution in [0.25, 0.3) is 60.4 Å². The van der Waals surface area contributed by atoms with Crippen molar-refractivity contribution < 1.29 is 0 Å². The maximum absolute atomic E-state index is 2.37. The molecule has 4 heteroatoms. The van der Waals surface area contributed by atoms with E-state index in [1.807, 2.05) is 0 Å². The average Bonchev–Trinajstić information content (AvgIpc) is 3.79. The van der Waals surface area contributed by atoms with Gasteiger partial charge in [-0.3, -0.25) is 0 Å². The smallest absolute Gasteiger partial charge is 0.0542 e. The minimum atomic E-state index is 1.10. The maximum atomic E-state index is 2.37. The molecule has 0 aliphatic rings. The lowest BCUT2D eigenvalue weighted by Gasteiger charge is -2.26. The van der Waals surface area contributed by atoms with E-state index in [0.717, 1.165) is 45.4 Å². The Hall–Kier alpha value is -7.82. The molecule has 2 heterocycles. The van der Waals surface area contributed by atoms with Gasteiger partial charge < -0.3 is 18.9 Å². The van der Waals surface area contributed by atoms with Crippen molar-refractivity contribution in [3.63, 3.8) is 0 Å². The molecule has 0 spiro atoms. The second kappa shape index (κ2) is 14.3. The molecule has 11 rings (SSSR count). The molecule has 0 bridgehead atoms. The van der Waals surface area contributed by atoms with E-state index >= 15 is 0 Å². The highest BCUT2D eigenvalue weighted by atomic mass is 15.1. The molecule has 0 N–H and O–H groups in total. The first-order valence-electron chi connectivity index (χ1n) is 20.2. The van der Waals surface area contributed by atoms with Crippen molar-refractivity contribution in [3.05, 3.63) is 224 Å². The molecule has 0 radical (unpaired) electrons. The van der Waals surface area contributed by atoms with Gasteiger partial charge in [-0.1, -0.05) is 115 Å². The van der Waals surface area contributed by atoms with Gasteiger partial charge in [0.15, 0.2) is 0 Å². The van der Waals surface area contributed by atoms with E-state index in [1.165, 1.54) is 49.2 Å². The van der Waals surface area contributed by atoms with Gasteiger partial charge in [-0.25, -0.2) is 0 Å². The second-order valence-electron chi connectivity index (χ2n) is 15.1. The SMILES string of the molecule is Cn1c2ccccc2c2cc(N(c3ccccc3)c3ccc(-c4ccc(N(c5ccccc5)c5ccc6c(c5)c5ccccc5n6-c5ccccc5)cc4)cc3)ccc21. The molecular weight excluding hydrogens is 717 g/mol. The molecule has 0 fully saturated rings. The zero-order chi connectivity index (χ0) is 39.3. The number of para-hydroxylation sites is 5. The lowest BCUT2D eigenvalue weighted by Crippen LogP contribution is -2.10. The predicted octanol–water partition coefficient (Wildman–Crippen LogP) is 15.0. The Kier molecular flexibility index (Phi) is 8.34. The Morgan fingerprint density at radius 2 is 0.644 bits per heavy atom. The standard InChI is InChI=1S/C55H40N4/c1-56-52-23-13-11-21-48(52)50-37-46(33-35-53(50)56)57(41-15-5-2-6-16-41)44-29-25-39(26-30-44)40-27-31-45(32-28-40)58(42-17-7-3-8-18-42)47-34-36-55-51(38-47)49-22-12-14-24-54(49)59(55)43-19-9-4-10-20-43/h2-38H,1H3. The molecule has 280 valence electrons. The molecule has 0 aliphatic carbocycles. The Labute approximate surface area is 343 Å². The van der Waals surface area contributed by atoms with Gasteiger partial charge in [-0.2, -0.15) is 0 Å². The van der Waals surface area contributed by atoms with Crippen LogP contribution < -0.4 is 9.80 Å². The maximum Gasteiger partial charge on any atom is 0.0542 e. The van der Waals surface area contributed by atoms with Crippen LogP contribution in [-0.2, 0) is 7.05 Å². The van der Waals surface area contributed by atoms with Crippen molar-refractivity contribution in [2.24, 2.45) is 7.05 Å². The Balaban J connectivity index is 0.953. The van der Waals surface area contributed by atoms with Gasteiger partial charge in [-0.15, -0.1) is 0 Å². The van der Waals surface area contributed by atoms with Gasteiger partial charge >= 0.3 is 0 Å². The van der Waals surface area contributed by atoms with Crippen molar-refractivity contribution in [2.45, 2.75) is 0 Å². The number of fused-ring (bicyclic) bond motifs is 6. The fourth-order valence-electron chi connectivity index (χ4n) is 8.90. The summed E-state index contributed by atoms with van der Waals surface area (Å²) in [6.45, 7) is 0. The molecule has 0 aliphatic heterocycles. The lowest BCUT2D eigenvalue weighted by atomic mass is 10.0. The van der Waals surface area contributed by atoms with E-state index in [0.29, 0.717) is 0 Å².